The topological polar surface area (TPSA) is 68.1 Å². The Balaban J connectivity index is 2.33. The Morgan fingerprint density at radius 2 is 1.96 bits per heavy atom. The van der Waals surface area contributed by atoms with Crippen LogP contribution in [0.3, 0.4) is 0 Å². The van der Waals surface area contributed by atoms with Gasteiger partial charge in [0, 0.05) is 11.1 Å². The molecule has 0 aliphatic carbocycles. The van der Waals surface area contributed by atoms with Crippen LogP contribution in [0.5, 0.6) is 5.75 Å². The fraction of sp³-hybridized carbons (Fsp3) is 0.200. The molecule has 0 spiro atoms. The zero-order valence-corrected chi connectivity index (χ0v) is 18.1. The summed E-state index contributed by atoms with van der Waals surface area (Å²) >= 11 is 6.73. The zero-order valence-electron chi connectivity index (χ0n) is 14.9. The lowest BCUT2D eigenvalue weighted by molar-refractivity contribution is -0.129. The third-order valence-electron chi connectivity index (χ3n) is 3.57. The highest BCUT2D eigenvalue weighted by Gasteiger charge is 2.18. The molecule has 27 heavy (non-hydrogen) atoms. The van der Waals surface area contributed by atoms with Gasteiger partial charge in [-0.2, -0.15) is 0 Å². The molecule has 0 bridgehead atoms. The molecule has 0 aromatic heterocycles. The summed E-state index contributed by atoms with van der Waals surface area (Å²) in [6.45, 7) is 4.22. The van der Waals surface area contributed by atoms with Crippen molar-refractivity contribution in [3.63, 3.8) is 0 Å². The van der Waals surface area contributed by atoms with Crippen LogP contribution >= 0.6 is 31.9 Å². The van der Waals surface area contributed by atoms with E-state index in [0.717, 1.165) is 14.5 Å². The van der Waals surface area contributed by atoms with Crippen molar-refractivity contribution in [3.8, 4) is 5.75 Å². The van der Waals surface area contributed by atoms with Crippen LogP contribution in [-0.2, 0) is 16.2 Å². The molecular weight excluding hydrogens is 478 g/mol. The van der Waals surface area contributed by atoms with Crippen molar-refractivity contribution < 1.29 is 19.5 Å². The van der Waals surface area contributed by atoms with E-state index >= 15 is 0 Å². The molecule has 0 atom stereocenters. The van der Waals surface area contributed by atoms with Crippen LogP contribution in [0.25, 0.3) is 6.08 Å². The summed E-state index contributed by atoms with van der Waals surface area (Å²) in [4.78, 5) is 16.5. The van der Waals surface area contributed by atoms with Gasteiger partial charge in [-0.15, -0.1) is 0 Å². The maximum absolute atomic E-state index is 11.6. The van der Waals surface area contributed by atoms with Crippen molar-refractivity contribution in [2.45, 2.75) is 20.5 Å². The first-order chi connectivity index (χ1) is 12.9. The molecular formula is C20H19Br2NO4. The smallest absolute Gasteiger partial charge is 0.358 e. The van der Waals surface area contributed by atoms with Crippen LogP contribution in [0.4, 0.5) is 0 Å². The minimum absolute atomic E-state index is 0.150. The van der Waals surface area contributed by atoms with E-state index in [1.165, 1.54) is 0 Å². The first-order valence-electron chi connectivity index (χ1n) is 8.20. The van der Waals surface area contributed by atoms with Crippen molar-refractivity contribution in [3.05, 3.63) is 68.1 Å². The fourth-order valence-corrected chi connectivity index (χ4v) is 2.89. The van der Waals surface area contributed by atoms with E-state index < -0.39 is 5.97 Å². The molecule has 0 fully saturated rings. The lowest BCUT2D eigenvalue weighted by Gasteiger charge is -2.13. The Morgan fingerprint density at radius 3 is 2.63 bits per heavy atom. The number of benzene rings is 2. The fourth-order valence-electron chi connectivity index (χ4n) is 2.39. The van der Waals surface area contributed by atoms with E-state index in [9.17, 15) is 9.90 Å². The van der Waals surface area contributed by atoms with Crippen molar-refractivity contribution in [1.82, 2.24) is 0 Å². The van der Waals surface area contributed by atoms with Gasteiger partial charge in [-0.1, -0.05) is 41.1 Å². The number of aliphatic carboxylic acids is 1. The number of rotatable bonds is 8. The minimum Gasteiger partial charge on any atom is -0.488 e. The van der Waals surface area contributed by atoms with E-state index in [1.54, 1.807) is 19.1 Å². The highest BCUT2D eigenvalue weighted by molar-refractivity contribution is 9.28. The SMILES string of the molecule is CCO/N=C(/C(=O)O)c1ccccc1COc1ccc(C)cc1C=C(Br)Br. The monoisotopic (exact) mass is 495 g/mol. The lowest BCUT2D eigenvalue weighted by atomic mass is 10.0. The van der Waals surface area contributed by atoms with Crippen molar-refractivity contribution in [2.24, 2.45) is 5.16 Å². The van der Waals surface area contributed by atoms with Crippen LogP contribution in [0.15, 0.2) is 51.0 Å². The Bertz CT molecular complexity index is 874. The molecule has 142 valence electrons. The Morgan fingerprint density at radius 1 is 1.22 bits per heavy atom. The van der Waals surface area contributed by atoms with E-state index in [2.05, 4.69) is 37.0 Å². The van der Waals surface area contributed by atoms with Gasteiger partial charge in [-0.05, 0) is 69.5 Å². The van der Waals surface area contributed by atoms with Crippen molar-refractivity contribution in [2.75, 3.05) is 6.61 Å². The molecule has 0 unspecified atom stereocenters. The number of hydrogen-bond acceptors (Lipinski definition) is 4. The summed E-state index contributed by atoms with van der Waals surface area (Å²) in [7, 11) is 0. The molecule has 7 heteroatoms. The van der Waals surface area contributed by atoms with Gasteiger partial charge in [0.15, 0.2) is 5.71 Å². The van der Waals surface area contributed by atoms with Gasteiger partial charge in [0.05, 0.1) is 3.39 Å². The van der Waals surface area contributed by atoms with Gasteiger partial charge in [-0.3, -0.25) is 0 Å². The van der Waals surface area contributed by atoms with Gasteiger partial charge >= 0.3 is 5.97 Å². The maximum atomic E-state index is 11.6. The summed E-state index contributed by atoms with van der Waals surface area (Å²) in [6, 6.07) is 12.9. The molecule has 5 nitrogen and oxygen atoms in total. The predicted molar refractivity (Wildman–Crippen MR) is 114 cm³/mol. The van der Waals surface area contributed by atoms with E-state index in [0.29, 0.717) is 16.9 Å². The largest absolute Gasteiger partial charge is 0.488 e. The van der Waals surface area contributed by atoms with E-state index in [1.807, 2.05) is 43.3 Å². The van der Waals surface area contributed by atoms with Crippen LogP contribution < -0.4 is 4.74 Å². The number of ether oxygens (including phenoxy) is 1. The molecule has 0 heterocycles. The van der Waals surface area contributed by atoms with Crippen LogP contribution in [0.2, 0.25) is 0 Å². The number of carbonyl (C=O) groups is 1. The third kappa shape index (κ3) is 6.22. The van der Waals surface area contributed by atoms with Gasteiger partial charge in [0.2, 0.25) is 0 Å². The predicted octanol–water partition coefficient (Wildman–Crippen LogP) is 5.49. The highest BCUT2D eigenvalue weighted by Crippen LogP contribution is 2.27. The molecule has 0 amide bonds. The van der Waals surface area contributed by atoms with Gasteiger partial charge in [0.1, 0.15) is 19.0 Å². The Kier molecular flexibility index (Phi) is 8.06. The van der Waals surface area contributed by atoms with Crippen LogP contribution in [-0.4, -0.2) is 23.4 Å². The van der Waals surface area contributed by atoms with E-state index in [-0.39, 0.29) is 18.9 Å². The summed E-state index contributed by atoms with van der Waals surface area (Å²) in [6.07, 6.45) is 1.90. The Hall–Kier alpha value is -2.12. The lowest BCUT2D eigenvalue weighted by Crippen LogP contribution is -2.18. The number of nitrogens with zero attached hydrogens (tertiary/aromatic N) is 1. The van der Waals surface area contributed by atoms with Crippen molar-refractivity contribution in [1.29, 1.82) is 0 Å². The molecule has 2 aromatic rings. The number of hydrogen-bond donors (Lipinski definition) is 1. The first-order valence-corrected chi connectivity index (χ1v) is 9.78. The van der Waals surface area contributed by atoms with Crippen LogP contribution in [0.1, 0.15) is 29.2 Å². The second-order valence-electron chi connectivity index (χ2n) is 5.58. The molecule has 1 N–H and O–H groups in total. The van der Waals surface area contributed by atoms with Gasteiger partial charge < -0.3 is 14.7 Å². The summed E-state index contributed by atoms with van der Waals surface area (Å²) in [5.74, 6) is -0.469. The number of halogens is 2. The standard InChI is InChI=1S/C20H19Br2NO4/c1-3-27-23-19(20(24)25)16-7-5-4-6-14(16)12-26-17-9-8-13(2)10-15(17)11-18(21)22/h4-11H,3,12H2,1-2H3,(H,24,25)/b23-19+. The highest BCUT2D eigenvalue weighted by atomic mass is 79.9. The zero-order chi connectivity index (χ0) is 19.8. The summed E-state index contributed by atoms with van der Waals surface area (Å²) < 4.78 is 6.77. The second-order valence-corrected chi connectivity index (χ2v) is 8.36. The maximum Gasteiger partial charge on any atom is 0.358 e. The number of carboxylic acids is 1. The number of carboxylic acid groups (broad SMARTS) is 1. The second kappa shape index (κ2) is 10.3. The summed E-state index contributed by atoms with van der Waals surface area (Å²) in [5, 5.41) is 13.2. The average Bonchev–Trinajstić information content (AvgIpc) is 2.61. The quantitative estimate of drug-likeness (QED) is 0.387. The van der Waals surface area contributed by atoms with E-state index in [4.69, 9.17) is 9.57 Å². The molecule has 0 aliphatic rings. The molecule has 0 radical (unpaired) electrons. The molecule has 0 saturated carbocycles. The minimum atomic E-state index is -1.15. The number of oxime groups is 1. The van der Waals surface area contributed by atoms with Crippen molar-refractivity contribution >= 4 is 49.6 Å². The van der Waals surface area contributed by atoms with Gasteiger partial charge in [-0.25, -0.2) is 4.79 Å². The molecule has 0 saturated heterocycles. The molecule has 2 rings (SSSR count). The first kappa shape index (κ1) is 21.2. The molecule has 2 aromatic carbocycles. The molecule has 0 aliphatic heterocycles. The van der Waals surface area contributed by atoms with Gasteiger partial charge in [0.25, 0.3) is 0 Å². The average molecular weight is 497 g/mol. The number of aryl methyl sites for hydroxylation is 1. The Labute approximate surface area is 174 Å². The third-order valence-corrected chi connectivity index (χ3v) is 4.03. The summed E-state index contributed by atoms with van der Waals surface area (Å²) in [5.41, 5.74) is 3.02. The normalized spacial score (nSPS) is 11.0. The van der Waals surface area contributed by atoms with Crippen LogP contribution in [0, 0.1) is 6.92 Å².